The topological polar surface area (TPSA) is 46.0 Å². The molecule has 0 aliphatic heterocycles. The van der Waals surface area contributed by atoms with Crippen LogP contribution in [-0.4, -0.2) is 15.1 Å². The summed E-state index contributed by atoms with van der Waals surface area (Å²) >= 11 is 0. The quantitative estimate of drug-likeness (QED) is 0.760. The molecule has 1 atom stereocenters. The van der Waals surface area contributed by atoms with E-state index < -0.39 is 5.60 Å². The zero-order valence-corrected chi connectivity index (χ0v) is 10.6. The monoisotopic (exact) mass is 250 g/mol. The van der Waals surface area contributed by atoms with Gasteiger partial charge in [0.05, 0.1) is 5.52 Å². The minimum atomic E-state index is -1.06. The van der Waals surface area contributed by atoms with Gasteiger partial charge in [-0.15, -0.1) is 0 Å². The maximum atomic E-state index is 10.8. The van der Waals surface area contributed by atoms with Crippen LogP contribution < -0.4 is 0 Å². The molecule has 2 heterocycles. The first-order valence-electron chi connectivity index (χ1n) is 6.16. The number of aromatic nitrogens is 2. The number of benzene rings is 1. The van der Waals surface area contributed by atoms with Crippen LogP contribution in [0, 0.1) is 0 Å². The van der Waals surface area contributed by atoms with E-state index in [1.165, 1.54) is 0 Å². The highest BCUT2D eigenvalue weighted by Crippen LogP contribution is 2.30. The van der Waals surface area contributed by atoms with Crippen LogP contribution in [0.2, 0.25) is 0 Å². The zero-order valence-electron chi connectivity index (χ0n) is 10.6. The summed E-state index contributed by atoms with van der Waals surface area (Å²) in [4.78, 5) is 8.35. The van der Waals surface area contributed by atoms with E-state index in [0.29, 0.717) is 0 Å². The van der Waals surface area contributed by atoms with Crippen molar-refractivity contribution in [2.24, 2.45) is 0 Å². The Hall–Kier alpha value is -2.26. The molecule has 0 aliphatic carbocycles. The van der Waals surface area contributed by atoms with E-state index in [0.717, 1.165) is 22.0 Å². The summed E-state index contributed by atoms with van der Waals surface area (Å²) < 4.78 is 0. The molecule has 3 nitrogen and oxygen atoms in total. The highest BCUT2D eigenvalue weighted by molar-refractivity contribution is 5.79. The molecule has 19 heavy (non-hydrogen) atoms. The SMILES string of the molecule is CC(O)(c1cccnc1)c1ccc2ncccc2c1. The molecular formula is C16H14N2O. The maximum Gasteiger partial charge on any atom is 0.113 e. The molecule has 2 aromatic heterocycles. The van der Waals surface area contributed by atoms with Crippen LogP contribution in [0.25, 0.3) is 10.9 Å². The first-order chi connectivity index (χ1) is 9.18. The average Bonchev–Trinajstić information content (AvgIpc) is 2.47. The molecule has 3 heteroatoms. The van der Waals surface area contributed by atoms with Crippen LogP contribution in [0.3, 0.4) is 0 Å². The Morgan fingerprint density at radius 1 is 1.00 bits per heavy atom. The highest BCUT2D eigenvalue weighted by atomic mass is 16.3. The molecule has 0 spiro atoms. The third-order valence-electron chi connectivity index (χ3n) is 3.39. The smallest absolute Gasteiger partial charge is 0.113 e. The van der Waals surface area contributed by atoms with Crippen LogP contribution in [0.4, 0.5) is 0 Å². The van der Waals surface area contributed by atoms with Gasteiger partial charge in [0.2, 0.25) is 0 Å². The number of aliphatic hydroxyl groups is 1. The normalized spacial score (nSPS) is 14.2. The molecular weight excluding hydrogens is 236 g/mol. The molecule has 1 unspecified atom stereocenters. The van der Waals surface area contributed by atoms with Gasteiger partial charge in [0.15, 0.2) is 0 Å². The second-order valence-corrected chi connectivity index (χ2v) is 4.72. The second kappa shape index (κ2) is 4.44. The summed E-state index contributed by atoms with van der Waals surface area (Å²) in [6.45, 7) is 1.78. The van der Waals surface area contributed by atoms with E-state index in [4.69, 9.17) is 0 Å². The summed E-state index contributed by atoms with van der Waals surface area (Å²) in [5.74, 6) is 0. The molecule has 94 valence electrons. The van der Waals surface area contributed by atoms with Crippen LogP contribution >= 0.6 is 0 Å². The predicted molar refractivity (Wildman–Crippen MR) is 74.7 cm³/mol. The van der Waals surface area contributed by atoms with Crippen LogP contribution in [0.15, 0.2) is 61.1 Å². The fourth-order valence-electron chi connectivity index (χ4n) is 2.20. The summed E-state index contributed by atoms with van der Waals surface area (Å²) in [5, 5.41) is 11.8. The molecule has 1 N–H and O–H groups in total. The van der Waals surface area contributed by atoms with E-state index in [1.54, 1.807) is 25.5 Å². The van der Waals surface area contributed by atoms with Gasteiger partial charge in [-0.25, -0.2) is 0 Å². The number of nitrogens with zero attached hydrogens (tertiary/aromatic N) is 2. The largest absolute Gasteiger partial charge is 0.381 e. The Labute approximate surface area is 111 Å². The Morgan fingerprint density at radius 2 is 1.84 bits per heavy atom. The lowest BCUT2D eigenvalue weighted by Gasteiger charge is -2.24. The minimum absolute atomic E-state index is 0.776. The summed E-state index contributed by atoms with van der Waals surface area (Å²) in [6, 6.07) is 13.4. The first kappa shape index (κ1) is 11.8. The number of fused-ring (bicyclic) bond motifs is 1. The predicted octanol–water partition coefficient (Wildman–Crippen LogP) is 2.89. The third kappa shape index (κ3) is 2.09. The molecule has 0 amide bonds. The third-order valence-corrected chi connectivity index (χ3v) is 3.39. The van der Waals surface area contributed by atoms with Crippen molar-refractivity contribution in [3.63, 3.8) is 0 Å². The fourth-order valence-corrected chi connectivity index (χ4v) is 2.20. The van der Waals surface area contributed by atoms with Gasteiger partial charge in [-0.1, -0.05) is 18.2 Å². The zero-order chi connectivity index (χ0) is 13.3. The van der Waals surface area contributed by atoms with Gasteiger partial charge >= 0.3 is 0 Å². The fraction of sp³-hybridized carbons (Fsp3) is 0.125. The minimum Gasteiger partial charge on any atom is -0.381 e. The van der Waals surface area contributed by atoms with Crippen LogP contribution in [0.1, 0.15) is 18.1 Å². The highest BCUT2D eigenvalue weighted by Gasteiger charge is 2.25. The Kier molecular flexibility index (Phi) is 2.76. The number of pyridine rings is 2. The molecule has 0 radical (unpaired) electrons. The van der Waals surface area contributed by atoms with Crippen molar-refractivity contribution in [3.05, 3.63) is 72.2 Å². The van der Waals surface area contributed by atoms with Crippen molar-refractivity contribution in [1.82, 2.24) is 9.97 Å². The summed E-state index contributed by atoms with van der Waals surface area (Å²) in [5.41, 5.74) is 1.48. The van der Waals surface area contributed by atoms with E-state index in [-0.39, 0.29) is 0 Å². The molecule has 0 saturated carbocycles. The Morgan fingerprint density at radius 3 is 2.63 bits per heavy atom. The molecule has 0 saturated heterocycles. The lowest BCUT2D eigenvalue weighted by molar-refractivity contribution is 0.102. The van der Waals surface area contributed by atoms with Crippen LogP contribution in [0.5, 0.6) is 0 Å². The van der Waals surface area contributed by atoms with E-state index in [1.807, 2.05) is 42.5 Å². The molecule has 0 aliphatic rings. The summed E-state index contributed by atoms with van der Waals surface area (Å²) in [6.07, 6.45) is 5.15. The van der Waals surface area contributed by atoms with E-state index in [9.17, 15) is 5.11 Å². The Balaban J connectivity index is 2.13. The van der Waals surface area contributed by atoms with Crippen molar-refractivity contribution < 1.29 is 5.11 Å². The lowest BCUT2D eigenvalue weighted by Crippen LogP contribution is -2.22. The molecule has 1 aromatic carbocycles. The Bertz CT molecular complexity index is 708. The van der Waals surface area contributed by atoms with E-state index in [2.05, 4.69) is 9.97 Å². The maximum absolute atomic E-state index is 10.8. The van der Waals surface area contributed by atoms with Gasteiger partial charge in [0.25, 0.3) is 0 Å². The first-order valence-corrected chi connectivity index (χ1v) is 6.16. The molecule has 0 fully saturated rings. The van der Waals surface area contributed by atoms with E-state index >= 15 is 0 Å². The van der Waals surface area contributed by atoms with Gasteiger partial charge in [0, 0.05) is 29.5 Å². The van der Waals surface area contributed by atoms with Crippen molar-refractivity contribution in [2.45, 2.75) is 12.5 Å². The van der Waals surface area contributed by atoms with Gasteiger partial charge < -0.3 is 5.11 Å². The number of hydrogen-bond acceptors (Lipinski definition) is 3. The van der Waals surface area contributed by atoms with Gasteiger partial charge in [-0.2, -0.15) is 0 Å². The summed E-state index contributed by atoms with van der Waals surface area (Å²) in [7, 11) is 0. The van der Waals surface area contributed by atoms with Crippen molar-refractivity contribution in [1.29, 1.82) is 0 Å². The standard InChI is InChI=1S/C16H14N2O/c1-16(19,14-5-3-8-17-11-14)13-6-7-15-12(10-13)4-2-9-18-15/h2-11,19H,1H3. The van der Waals surface area contributed by atoms with Crippen molar-refractivity contribution in [3.8, 4) is 0 Å². The average molecular weight is 250 g/mol. The van der Waals surface area contributed by atoms with Gasteiger partial charge in [0.1, 0.15) is 5.60 Å². The number of rotatable bonds is 2. The van der Waals surface area contributed by atoms with Gasteiger partial charge in [-0.05, 0) is 36.8 Å². The molecule has 3 rings (SSSR count). The van der Waals surface area contributed by atoms with Crippen molar-refractivity contribution >= 4 is 10.9 Å². The second-order valence-electron chi connectivity index (χ2n) is 4.72. The van der Waals surface area contributed by atoms with Crippen LogP contribution in [-0.2, 0) is 5.60 Å². The lowest BCUT2D eigenvalue weighted by atomic mass is 9.88. The molecule has 0 bridgehead atoms. The van der Waals surface area contributed by atoms with Gasteiger partial charge in [-0.3, -0.25) is 9.97 Å². The molecule has 3 aromatic rings. The van der Waals surface area contributed by atoms with Crippen molar-refractivity contribution in [2.75, 3.05) is 0 Å². The number of hydrogen-bond donors (Lipinski definition) is 1.